The van der Waals surface area contributed by atoms with Crippen molar-refractivity contribution in [2.24, 2.45) is 11.8 Å². The fourth-order valence-electron chi connectivity index (χ4n) is 1.27. The van der Waals surface area contributed by atoms with Gasteiger partial charge in [0.1, 0.15) is 5.60 Å². The third-order valence-corrected chi connectivity index (χ3v) is 2.95. The van der Waals surface area contributed by atoms with Crippen LogP contribution in [0.15, 0.2) is 0 Å². The molecule has 0 aliphatic heterocycles. The second kappa shape index (κ2) is 4.48. The molecule has 2 unspecified atom stereocenters. The molecule has 2 heteroatoms. The highest BCUT2D eigenvalue weighted by molar-refractivity contribution is 5.38. The second-order valence-corrected chi connectivity index (χ2v) is 3.99. The highest BCUT2D eigenvalue weighted by atomic mass is 16.5. The maximum Gasteiger partial charge on any atom is 0.293 e. The summed E-state index contributed by atoms with van der Waals surface area (Å²) in [6, 6.07) is 0. The average molecular weight is 172 g/mol. The first-order valence-corrected chi connectivity index (χ1v) is 4.57. The first kappa shape index (κ1) is 11.5. The molecule has 0 saturated heterocycles. The zero-order valence-electron chi connectivity index (χ0n) is 8.76. The fraction of sp³-hybridized carbons (Fsp3) is 0.900. The quantitative estimate of drug-likeness (QED) is 0.596. The van der Waals surface area contributed by atoms with Crippen LogP contribution in [0.5, 0.6) is 0 Å². The normalized spacial score (nSPS) is 16.8. The van der Waals surface area contributed by atoms with Crippen LogP contribution in [0.4, 0.5) is 0 Å². The van der Waals surface area contributed by atoms with Crippen LogP contribution in [0, 0.1) is 11.8 Å². The van der Waals surface area contributed by atoms with Gasteiger partial charge >= 0.3 is 0 Å². The second-order valence-electron chi connectivity index (χ2n) is 3.99. The fourth-order valence-corrected chi connectivity index (χ4v) is 1.27. The Balaban J connectivity index is 4.22. The minimum atomic E-state index is -0.336. The van der Waals surface area contributed by atoms with Crippen molar-refractivity contribution >= 4 is 6.47 Å². The minimum Gasteiger partial charge on any atom is -0.462 e. The van der Waals surface area contributed by atoms with Gasteiger partial charge in [0, 0.05) is 0 Å². The van der Waals surface area contributed by atoms with Crippen LogP contribution in [0.25, 0.3) is 0 Å². The summed E-state index contributed by atoms with van der Waals surface area (Å²) in [5.74, 6) is 0.979. The number of carbonyl (C=O) groups is 1. The lowest BCUT2D eigenvalue weighted by atomic mass is 9.81. The zero-order valence-corrected chi connectivity index (χ0v) is 8.76. The Bertz CT molecular complexity index is 141. The van der Waals surface area contributed by atoms with Gasteiger partial charge in [0.15, 0.2) is 0 Å². The molecule has 0 heterocycles. The molecule has 0 aromatic rings. The Morgan fingerprint density at radius 3 is 2.25 bits per heavy atom. The third-order valence-electron chi connectivity index (χ3n) is 2.95. The smallest absolute Gasteiger partial charge is 0.293 e. The Hall–Kier alpha value is -0.530. The van der Waals surface area contributed by atoms with Gasteiger partial charge in [-0.2, -0.15) is 0 Å². The van der Waals surface area contributed by atoms with Crippen LogP contribution in [0.2, 0.25) is 0 Å². The van der Waals surface area contributed by atoms with Gasteiger partial charge in [0.05, 0.1) is 0 Å². The van der Waals surface area contributed by atoms with Gasteiger partial charge in [0.25, 0.3) is 6.47 Å². The van der Waals surface area contributed by atoms with Crippen LogP contribution in [-0.2, 0) is 9.53 Å². The Morgan fingerprint density at radius 1 is 1.42 bits per heavy atom. The molecule has 0 bridgehead atoms. The number of hydrogen-bond donors (Lipinski definition) is 0. The lowest BCUT2D eigenvalue weighted by Crippen LogP contribution is -2.36. The van der Waals surface area contributed by atoms with Crippen molar-refractivity contribution in [3.8, 4) is 0 Å². The molecule has 0 aromatic heterocycles. The first-order chi connectivity index (χ1) is 5.45. The van der Waals surface area contributed by atoms with E-state index in [2.05, 4.69) is 20.8 Å². The van der Waals surface area contributed by atoms with Gasteiger partial charge in [-0.15, -0.1) is 0 Å². The van der Waals surface area contributed by atoms with E-state index in [9.17, 15) is 4.79 Å². The van der Waals surface area contributed by atoms with Crippen molar-refractivity contribution in [1.29, 1.82) is 0 Å². The molecule has 0 spiro atoms. The Morgan fingerprint density at radius 2 is 1.92 bits per heavy atom. The van der Waals surface area contributed by atoms with Crippen molar-refractivity contribution in [3.05, 3.63) is 0 Å². The molecule has 72 valence electrons. The zero-order chi connectivity index (χ0) is 9.78. The molecule has 0 radical (unpaired) electrons. The van der Waals surface area contributed by atoms with Gasteiger partial charge in [-0.25, -0.2) is 0 Å². The van der Waals surface area contributed by atoms with E-state index in [1.54, 1.807) is 0 Å². The van der Waals surface area contributed by atoms with E-state index >= 15 is 0 Å². The van der Waals surface area contributed by atoms with Gasteiger partial charge < -0.3 is 4.74 Å². The van der Waals surface area contributed by atoms with Gasteiger partial charge in [0.2, 0.25) is 0 Å². The maximum absolute atomic E-state index is 10.2. The Labute approximate surface area is 75.3 Å². The average Bonchev–Trinajstić information content (AvgIpc) is 2.01. The predicted octanol–water partition coefficient (Wildman–Crippen LogP) is 2.62. The summed E-state index contributed by atoms with van der Waals surface area (Å²) in [5, 5.41) is 0. The molecule has 2 nitrogen and oxygen atoms in total. The molecule has 0 amide bonds. The number of carbonyl (C=O) groups excluding carboxylic acids is 1. The van der Waals surface area contributed by atoms with Gasteiger partial charge in [-0.1, -0.05) is 27.2 Å². The van der Waals surface area contributed by atoms with E-state index in [1.807, 2.05) is 13.8 Å². The molecule has 0 aliphatic rings. The monoisotopic (exact) mass is 172 g/mol. The third kappa shape index (κ3) is 2.84. The molecule has 0 rings (SSSR count). The van der Waals surface area contributed by atoms with Gasteiger partial charge in [-0.05, 0) is 25.7 Å². The summed E-state index contributed by atoms with van der Waals surface area (Å²) in [5.41, 5.74) is -0.336. The topological polar surface area (TPSA) is 26.3 Å². The molecule has 0 aromatic carbocycles. The highest BCUT2D eigenvalue weighted by Gasteiger charge is 2.30. The molecule has 0 saturated carbocycles. The minimum absolute atomic E-state index is 0.336. The SMILES string of the molecule is CCC(C)C(C)C(C)(C)OC=O. The van der Waals surface area contributed by atoms with E-state index in [4.69, 9.17) is 4.74 Å². The van der Waals surface area contributed by atoms with Crippen molar-refractivity contribution in [1.82, 2.24) is 0 Å². The standard InChI is InChI=1S/C10H20O2/c1-6-8(2)9(3)10(4,5)12-7-11/h7-9H,6H2,1-5H3. The molecule has 2 atom stereocenters. The Kier molecular flexibility index (Phi) is 4.29. The van der Waals surface area contributed by atoms with E-state index in [0.717, 1.165) is 6.42 Å². The molecule has 0 N–H and O–H groups in total. The van der Waals surface area contributed by atoms with Crippen molar-refractivity contribution in [2.45, 2.75) is 46.6 Å². The van der Waals surface area contributed by atoms with Crippen LogP contribution < -0.4 is 0 Å². The van der Waals surface area contributed by atoms with E-state index in [0.29, 0.717) is 18.3 Å². The number of hydrogen-bond acceptors (Lipinski definition) is 2. The van der Waals surface area contributed by atoms with Crippen LogP contribution in [0.3, 0.4) is 0 Å². The summed E-state index contributed by atoms with van der Waals surface area (Å²) < 4.78 is 5.03. The van der Waals surface area contributed by atoms with Crippen molar-refractivity contribution < 1.29 is 9.53 Å². The molecular formula is C10H20O2. The molecule has 0 fully saturated rings. The van der Waals surface area contributed by atoms with Crippen LogP contribution in [-0.4, -0.2) is 12.1 Å². The van der Waals surface area contributed by atoms with E-state index in [1.165, 1.54) is 0 Å². The summed E-state index contributed by atoms with van der Waals surface area (Å²) in [6.45, 7) is 10.9. The summed E-state index contributed by atoms with van der Waals surface area (Å²) >= 11 is 0. The van der Waals surface area contributed by atoms with Crippen molar-refractivity contribution in [3.63, 3.8) is 0 Å². The largest absolute Gasteiger partial charge is 0.462 e. The van der Waals surface area contributed by atoms with E-state index < -0.39 is 0 Å². The molecule has 0 aliphatic carbocycles. The number of rotatable bonds is 5. The summed E-state index contributed by atoms with van der Waals surface area (Å²) in [6.07, 6.45) is 1.12. The van der Waals surface area contributed by atoms with E-state index in [-0.39, 0.29) is 5.60 Å². The summed E-state index contributed by atoms with van der Waals surface area (Å²) in [4.78, 5) is 10.2. The maximum atomic E-state index is 10.2. The summed E-state index contributed by atoms with van der Waals surface area (Å²) in [7, 11) is 0. The first-order valence-electron chi connectivity index (χ1n) is 4.57. The molecular weight excluding hydrogens is 152 g/mol. The van der Waals surface area contributed by atoms with Crippen molar-refractivity contribution in [2.75, 3.05) is 0 Å². The number of ether oxygens (including phenoxy) is 1. The highest BCUT2D eigenvalue weighted by Crippen LogP contribution is 2.28. The predicted molar refractivity (Wildman–Crippen MR) is 49.8 cm³/mol. The molecule has 12 heavy (non-hydrogen) atoms. The van der Waals surface area contributed by atoms with Crippen LogP contribution >= 0.6 is 0 Å². The lowest BCUT2D eigenvalue weighted by Gasteiger charge is -2.33. The lowest BCUT2D eigenvalue weighted by molar-refractivity contribution is -0.146. The van der Waals surface area contributed by atoms with Gasteiger partial charge in [-0.3, -0.25) is 4.79 Å². The van der Waals surface area contributed by atoms with Crippen LogP contribution in [0.1, 0.15) is 41.0 Å².